The van der Waals surface area contributed by atoms with Gasteiger partial charge in [-0.15, -0.1) is 0 Å². The second kappa shape index (κ2) is 6.45. The zero-order valence-electron chi connectivity index (χ0n) is 11.7. The van der Waals surface area contributed by atoms with Gasteiger partial charge in [-0.2, -0.15) is 0 Å². The fourth-order valence-corrected chi connectivity index (χ4v) is 2.06. The van der Waals surface area contributed by atoms with E-state index < -0.39 is 4.92 Å². The molecule has 0 radical (unpaired) electrons. The van der Waals surface area contributed by atoms with Crippen LogP contribution in [0.3, 0.4) is 0 Å². The molecule has 2 aromatic carbocycles. The highest BCUT2D eigenvalue weighted by molar-refractivity contribution is 6.31. The number of hydrogen-bond acceptors (Lipinski definition) is 4. The van der Waals surface area contributed by atoms with E-state index in [9.17, 15) is 10.1 Å². The highest BCUT2D eigenvalue weighted by Gasteiger charge is 2.10. The van der Waals surface area contributed by atoms with Crippen molar-refractivity contribution in [1.29, 1.82) is 0 Å². The Morgan fingerprint density at radius 3 is 2.67 bits per heavy atom. The van der Waals surface area contributed by atoms with Crippen LogP contribution in [0.5, 0.6) is 5.75 Å². The Balaban J connectivity index is 2.17. The number of anilines is 1. The fraction of sp³-hybridized carbons (Fsp3) is 0.200. The molecule has 1 N–H and O–H groups in total. The highest BCUT2D eigenvalue weighted by atomic mass is 35.5. The topological polar surface area (TPSA) is 64.4 Å². The molecule has 0 aliphatic rings. The molecule has 5 nitrogen and oxygen atoms in total. The van der Waals surface area contributed by atoms with E-state index in [1.54, 1.807) is 6.07 Å². The van der Waals surface area contributed by atoms with Gasteiger partial charge in [0.2, 0.25) is 0 Å². The van der Waals surface area contributed by atoms with Crippen LogP contribution in [0.1, 0.15) is 11.1 Å². The first-order chi connectivity index (χ1) is 9.99. The Bertz CT molecular complexity index is 674. The standard InChI is InChI=1S/C15H15ClN2O3/c1-10-3-4-12(7-15(10)16)17-9-11-5-13(18(19)20)8-14(6-11)21-2/h3-8,17H,9H2,1-2H3. The quantitative estimate of drug-likeness (QED) is 0.665. The molecule has 0 aliphatic carbocycles. The number of halogens is 1. The Morgan fingerprint density at radius 2 is 2.05 bits per heavy atom. The largest absolute Gasteiger partial charge is 0.496 e. The maximum atomic E-state index is 10.9. The number of nitrogens with zero attached hydrogens (tertiary/aromatic N) is 1. The first kappa shape index (κ1) is 15.1. The van der Waals surface area contributed by atoms with E-state index in [0.29, 0.717) is 17.3 Å². The molecule has 0 fully saturated rings. The van der Waals surface area contributed by atoms with Crippen molar-refractivity contribution in [3.8, 4) is 5.75 Å². The van der Waals surface area contributed by atoms with Crippen molar-refractivity contribution < 1.29 is 9.66 Å². The van der Waals surface area contributed by atoms with Crippen LogP contribution in [0.2, 0.25) is 5.02 Å². The monoisotopic (exact) mass is 306 g/mol. The van der Waals surface area contributed by atoms with E-state index in [1.807, 2.05) is 25.1 Å². The molecule has 110 valence electrons. The summed E-state index contributed by atoms with van der Waals surface area (Å²) < 4.78 is 5.08. The zero-order valence-corrected chi connectivity index (χ0v) is 12.5. The Morgan fingerprint density at radius 1 is 1.29 bits per heavy atom. The van der Waals surface area contributed by atoms with Gasteiger partial charge < -0.3 is 10.1 Å². The number of benzene rings is 2. The van der Waals surface area contributed by atoms with Crippen molar-refractivity contribution in [3.63, 3.8) is 0 Å². The summed E-state index contributed by atoms with van der Waals surface area (Å²) in [5.41, 5.74) is 2.63. The minimum atomic E-state index is -0.436. The molecule has 0 aromatic heterocycles. The van der Waals surface area contributed by atoms with Gasteiger partial charge in [-0.1, -0.05) is 17.7 Å². The van der Waals surface area contributed by atoms with Gasteiger partial charge in [0.05, 0.1) is 18.1 Å². The minimum absolute atomic E-state index is 0.00749. The Hall–Kier alpha value is -2.27. The third-order valence-corrected chi connectivity index (χ3v) is 3.47. The molecule has 0 saturated heterocycles. The summed E-state index contributed by atoms with van der Waals surface area (Å²) in [5, 5.41) is 14.8. The van der Waals surface area contributed by atoms with Crippen molar-refractivity contribution in [2.45, 2.75) is 13.5 Å². The third kappa shape index (κ3) is 3.86. The molecular formula is C15H15ClN2O3. The van der Waals surface area contributed by atoms with Crippen molar-refractivity contribution in [1.82, 2.24) is 0 Å². The fourth-order valence-electron chi connectivity index (χ4n) is 1.88. The number of nitro groups is 1. The molecular weight excluding hydrogens is 292 g/mol. The van der Waals surface area contributed by atoms with Gasteiger partial charge >= 0.3 is 0 Å². The van der Waals surface area contributed by atoms with E-state index >= 15 is 0 Å². The number of nitro benzene ring substituents is 1. The van der Waals surface area contributed by atoms with Gasteiger partial charge in [0.15, 0.2) is 0 Å². The number of hydrogen-bond donors (Lipinski definition) is 1. The molecule has 6 heteroatoms. The molecule has 0 atom stereocenters. The summed E-state index contributed by atoms with van der Waals surface area (Å²) in [6, 6.07) is 10.3. The number of ether oxygens (including phenoxy) is 1. The van der Waals surface area contributed by atoms with Crippen molar-refractivity contribution >= 4 is 23.0 Å². The molecule has 21 heavy (non-hydrogen) atoms. The van der Waals surface area contributed by atoms with Crippen LogP contribution < -0.4 is 10.1 Å². The van der Waals surface area contributed by atoms with E-state index in [2.05, 4.69) is 5.32 Å². The van der Waals surface area contributed by atoms with Gasteiger partial charge in [-0.05, 0) is 36.2 Å². The maximum absolute atomic E-state index is 10.9. The second-order valence-electron chi connectivity index (χ2n) is 4.61. The van der Waals surface area contributed by atoms with Crippen LogP contribution in [0.4, 0.5) is 11.4 Å². The molecule has 0 saturated carbocycles. The van der Waals surface area contributed by atoms with E-state index in [-0.39, 0.29) is 5.69 Å². The van der Waals surface area contributed by atoms with Gasteiger partial charge in [0.1, 0.15) is 5.75 Å². The SMILES string of the molecule is COc1cc(CNc2ccc(C)c(Cl)c2)cc([N+](=O)[O-])c1. The first-order valence-corrected chi connectivity index (χ1v) is 6.70. The number of rotatable bonds is 5. The second-order valence-corrected chi connectivity index (χ2v) is 5.02. The predicted octanol–water partition coefficient (Wildman–Crippen LogP) is 4.18. The molecule has 0 heterocycles. The van der Waals surface area contributed by atoms with Gasteiger partial charge in [0.25, 0.3) is 5.69 Å². The molecule has 0 amide bonds. The Labute approximate surface area is 127 Å². The van der Waals surface area contributed by atoms with Gasteiger partial charge in [0, 0.05) is 23.3 Å². The number of aryl methyl sites for hydroxylation is 1. The lowest BCUT2D eigenvalue weighted by molar-refractivity contribution is -0.385. The van der Waals surface area contributed by atoms with Crippen LogP contribution in [-0.4, -0.2) is 12.0 Å². The summed E-state index contributed by atoms with van der Waals surface area (Å²) in [5.74, 6) is 0.461. The highest BCUT2D eigenvalue weighted by Crippen LogP contribution is 2.24. The molecule has 2 aromatic rings. The normalized spacial score (nSPS) is 10.2. The lowest BCUT2D eigenvalue weighted by Gasteiger charge is -2.09. The first-order valence-electron chi connectivity index (χ1n) is 6.32. The number of methoxy groups -OCH3 is 1. The van der Waals surface area contributed by atoms with Crippen molar-refractivity contribution in [2.24, 2.45) is 0 Å². The van der Waals surface area contributed by atoms with Crippen LogP contribution in [0.15, 0.2) is 36.4 Å². The maximum Gasteiger partial charge on any atom is 0.273 e. The summed E-state index contributed by atoms with van der Waals surface area (Å²) in [4.78, 5) is 10.5. The molecule has 0 unspecified atom stereocenters. The van der Waals surface area contributed by atoms with Crippen LogP contribution in [0, 0.1) is 17.0 Å². The Kier molecular flexibility index (Phi) is 4.65. The summed E-state index contributed by atoms with van der Waals surface area (Å²) in [6.45, 7) is 2.37. The van der Waals surface area contributed by atoms with Crippen molar-refractivity contribution in [3.05, 3.63) is 62.7 Å². The smallest absolute Gasteiger partial charge is 0.273 e. The lowest BCUT2D eigenvalue weighted by Crippen LogP contribution is -2.01. The van der Waals surface area contributed by atoms with Gasteiger partial charge in [-0.25, -0.2) is 0 Å². The van der Waals surface area contributed by atoms with Crippen LogP contribution in [0.25, 0.3) is 0 Å². The summed E-state index contributed by atoms with van der Waals surface area (Å²) in [6.07, 6.45) is 0. The van der Waals surface area contributed by atoms with E-state index in [0.717, 1.165) is 16.8 Å². The minimum Gasteiger partial charge on any atom is -0.496 e. The van der Waals surface area contributed by atoms with E-state index in [1.165, 1.54) is 19.2 Å². The average molecular weight is 307 g/mol. The molecule has 0 spiro atoms. The molecule has 0 aliphatic heterocycles. The zero-order chi connectivity index (χ0) is 15.4. The number of non-ortho nitro benzene ring substituents is 1. The summed E-state index contributed by atoms with van der Waals surface area (Å²) >= 11 is 6.06. The predicted molar refractivity (Wildman–Crippen MR) is 83.2 cm³/mol. The van der Waals surface area contributed by atoms with Crippen molar-refractivity contribution in [2.75, 3.05) is 12.4 Å². The van der Waals surface area contributed by atoms with Crippen LogP contribution in [-0.2, 0) is 6.54 Å². The average Bonchev–Trinajstić information content (AvgIpc) is 2.48. The van der Waals surface area contributed by atoms with E-state index in [4.69, 9.17) is 16.3 Å². The number of nitrogens with one attached hydrogen (secondary N) is 1. The molecule has 2 rings (SSSR count). The summed E-state index contributed by atoms with van der Waals surface area (Å²) in [7, 11) is 1.48. The molecule has 0 bridgehead atoms. The van der Waals surface area contributed by atoms with Gasteiger partial charge in [-0.3, -0.25) is 10.1 Å². The third-order valence-electron chi connectivity index (χ3n) is 3.07. The van der Waals surface area contributed by atoms with Crippen LogP contribution >= 0.6 is 11.6 Å². The lowest BCUT2D eigenvalue weighted by atomic mass is 10.1.